The fraction of sp³-hybridized carbons (Fsp3) is 0.421. The first kappa shape index (κ1) is 24.8. The number of aliphatic hydroxyl groups is 1. The van der Waals surface area contributed by atoms with E-state index < -0.39 is 60.3 Å². The third-order valence-corrected chi connectivity index (χ3v) is 5.46. The summed E-state index contributed by atoms with van der Waals surface area (Å²) in [4.78, 5) is 35.8. The molecule has 31 heavy (non-hydrogen) atoms. The van der Waals surface area contributed by atoms with Crippen LogP contribution >= 0.6 is 23.2 Å². The van der Waals surface area contributed by atoms with Crippen molar-refractivity contribution in [3.63, 3.8) is 0 Å². The van der Waals surface area contributed by atoms with Crippen molar-refractivity contribution in [3.05, 3.63) is 45.1 Å². The van der Waals surface area contributed by atoms with Gasteiger partial charge in [0.1, 0.15) is 0 Å². The van der Waals surface area contributed by atoms with E-state index in [9.17, 15) is 32.7 Å². The fourth-order valence-electron chi connectivity index (χ4n) is 2.95. The highest BCUT2D eigenvalue weighted by atomic mass is 35.5. The number of carboxylic acid groups (broad SMARTS) is 1. The number of amides is 2. The van der Waals surface area contributed by atoms with Crippen molar-refractivity contribution in [2.45, 2.75) is 32.0 Å². The van der Waals surface area contributed by atoms with Crippen LogP contribution in [-0.2, 0) is 20.8 Å². The van der Waals surface area contributed by atoms with Crippen molar-refractivity contribution >= 4 is 41.0 Å². The molecule has 2 unspecified atom stereocenters. The molecule has 0 fully saturated rings. The summed E-state index contributed by atoms with van der Waals surface area (Å²) < 4.78 is 38.6. The van der Waals surface area contributed by atoms with E-state index in [4.69, 9.17) is 28.3 Å². The Balaban J connectivity index is 1.97. The maximum absolute atomic E-state index is 12.9. The molecule has 1 aliphatic rings. The van der Waals surface area contributed by atoms with E-state index >= 15 is 0 Å². The SMILES string of the molecule is CC(CCc1ccc(Cl)c(Cl)c1)NC(=O)C1=C(O)C(=O)N(CC(C(=O)O)C(F)(F)F)C1. The van der Waals surface area contributed by atoms with E-state index in [1.54, 1.807) is 25.1 Å². The summed E-state index contributed by atoms with van der Waals surface area (Å²) in [6, 6.07) is 4.67. The van der Waals surface area contributed by atoms with Crippen LogP contribution in [-0.4, -0.2) is 58.2 Å². The summed E-state index contributed by atoms with van der Waals surface area (Å²) in [6.45, 7) is -0.174. The van der Waals surface area contributed by atoms with Crippen LogP contribution < -0.4 is 5.32 Å². The first-order valence-electron chi connectivity index (χ1n) is 9.07. The smallest absolute Gasteiger partial charge is 0.403 e. The zero-order chi connectivity index (χ0) is 23.5. The van der Waals surface area contributed by atoms with Crippen LogP contribution in [0.1, 0.15) is 18.9 Å². The summed E-state index contributed by atoms with van der Waals surface area (Å²) in [5.74, 6) is -8.05. The number of nitrogens with one attached hydrogen (secondary N) is 1. The number of alkyl halides is 3. The van der Waals surface area contributed by atoms with Gasteiger partial charge in [-0.2, -0.15) is 13.2 Å². The Bertz CT molecular complexity index is 920. The summed E-state index contributed by atoms with van der Waals surface area (Å²) in [6.07, 6.45) is -4.10. The number of aliphatic hydroxyl groups excluding tert-OH is 1. The van der Waals surface area contributed by atoms with E-state index in [1.165, 1.54) is 0 Å². The maximum atomic E-state index is 12.9. The molecule has 12 heteroatoms. The second kappa shape index (κ2) is 9.78. The van der Waals surface area contributed by atoms with Crippen molar-refractivity contribution in [2.24, 2.45) is 5.92 Å². The van der Waals surface area contributed by atoms with Crippen molar-refractivity contribution in [1.29, 1.82) is 0 Å². The molecular formula is C19H19Cl2F3N2O5. The number of aliphatic carboxylic acids is 1. The summed E-state index contributed by atoms with van der Waals surface area (Å²) in [5, 5.41) is 22.0. The standard InChI is InChI=1S/C19H19Cl2F3N2O5/c1-9(2-3-10-4-5-13(20)14(21)6-10)25-16(28)11-7-26(17(29)15(11)27)8-12(18(30)31)19(22,23)24/h4-6,9,12,27H,2-3,7-8H2,1H3,(H,25,28)(H,30,31). The van der Waals surface area contributed by atoms with Crippen LogP contribution in [0.25, 0.3) is 0 Å². The average molecular weight is 483 g/mol. The Morgan fingerprint density at radius 2 is 1.90 bits per heavy atom. The predicted octanol–water partition coefficient (Wildman–Crippen LogP) is 3.35. The molecule has 2 rings (SSSR count). The zero-order valence-corrected chi connectivity index (χ0v) is 17.7. The number of rotatable bonds is 8. The van der Waals surface area contributed by atoms with Crippen molar-refractivity contribution in [2.75, 3.05) is 13.1 Å². The molecule has 0 saturated heterocycles. The Morgan fingerprint density at radius 3 is 2.45 bits per heavy atom. The van der Waals surface area contributed by atoms with Gasteiger partial charge in [0.05, 0.1) is 22.2 Å². The van der Waals surface area contributed by atoms with E-state index in [-0.39, 0.29) is 0 Å². The van der Waals surface area contributed by atoms with Crippen LogP contribution in [0.3, 0.4) is 0 Å². The van der Waals surface area contributed by atoms with Gasteiger partial charge < -0.3 is 20.4 Å². The Kier molecular flexibility index (Phi) is 7.82. The van der Waals surface area contributed by atoms with Crippen LogP contribution in [0.15, 0.2) is 29.5 Å². The quantitative estimate of drug-likeness (QED) is 0.526. The number of halogens is 5. The lowest BCUT2D eigenvalue weighted by molar-refractivity contribution is -0.196. The molecule has 1 aromatic carbocycles. The van der Waals surface area contributed by atoms with Gasteiger partial charge >= 0.3 is 12.1 Å². The lowest BCUT2D eigenvalue weighted by Gasteiger charge is -2.23. The van der Waals surface area contributed by atoms with Gasteiger partial charge in [0.15, 0.2) is 11.7 Å². The summed E-state index contributed by atoms with van der Waals surface area (Å²) in [7, 11) is 0. The monoisotopic (exact) mass is 482 g/mol. The summed E-state index contributed by atoms with van der Waals surface area (Å²) in [5.41, 5.74) is 0.448. The second-order valence-electron chi connectivity index (χ2n) is 7.11. The lowest BCUT2D eigenvalue weighted by Crippen LogP contribution is -2.43. The molecule has 0 spiro atoms. The molecule has 0 aromatic heterocycles. The number of carbonyl (C=O) groups excluding carboxylic acids is 2. The maximum Gasteiger partial charge on any atom is 0.403 e. The number of hydrogen-bond donors (Lipinski definition) is 3. The molecule has 3 N–H and O–H groups in total. The highest BCUT2D eigenvalue weighted by Gasteiger charge is 2.48. The minimum atomic E-state index is -5.09. The first-order valence-corrected chi connectivity index (χ1v) is 9.82. The van der Waals surface area contributed by atoms with Crippen molar-refractivity contribution < 1.29 is 37.8 Å². The predicted molar refractivity (Wildman–Crippen MR) is 106 cm³/mol. The van der Waals surface area contributed by atoms with Crippen LogP contribution in [0.4, 0.5) is 13.2 Å². The van der Waals surface area contributed by atoms with E-state index in [0.29, 0.717) is 27.8 Å². The molecule has 2 atom stereocenters. The third kappa shape index (κ3) is 6.27. The van der Waals surface area contributed by atoms with Gasteiger partial charge in [-0.25, -0.2) is 0 Å². The lowest BCUT2D eigenvalue weighted by atomic mass is 10.1. The first-order chi connectivity index (χ1) is 14.3. The van der Waals surface area contributed by atoms with Gasteiger partial charge in [-0.1, -0.05) is 29.3 Å². The normalized spacial score (nSPS) is 16.5. The molecule has 1 aromatic rings. The highest BCUT2D eigenvalue weighted by molar-refractivity contribution is 6.42. The minimum Gasteiger partial charge on any atom is -0.503 e. The Labute approximate surface area is 185 Å². The minimum absolute atomic E-state index is 0.383. The molecule has 0 saturated carbocycles. The van der Waals surface area contributed by atoms with E-state index in [0.717, 1.165) is 5.56 Å². The number of carboxylic acids is 1. The molecule has 2 amide bonds. The van der Waals surface area contributed by atoms with Gasteiger partial charge in [0.25, 0.3) is 11.8 Å². The van der Waals surface area contributed by atoms with Gasteiger partial charge in [0.2, 0.25) is 0 Å². The number of carbonyl (C=O) groups is 3. The van der Waals surface area contributed by atoms with Crippen molar-refractivity contribution in [1.82, 2.24) is 10.2 Å². The Morgan fingerprint density at radius 1 is 1.26 bits per heavy atom. The molecule has 1 aliphatic heterocycles. The number of hydrogen-bond acceptors (Lipinski definition) is 4. The molecule has 0 bridgehead atoms. The molecule has 0 radical (unpaired) electrons. The van der Waals surface area contributed by atoms with Gasteiger partial charge in [-0.15, -0.1) is 0 Å². The fourth-order valence-corrected chi connectivity index (χ4v) is 3.27. The van der Waals surface area contributed by atoms with Gasteiger partial charge in [-0.3, -0.25) is 14.4 Å². The average Bonchev–Trinajstić information content (AvgIpc) is 2.94. The number of aryl methyl sites for hydroxylation is 1. The molecular weight excluding hydrogens is 464 g/mol. The summed E-state index contributed by atoms with van der Waals surface area (Å²) >= 11 is 11.8. The Hall–Kier alpha value is -2.46. The zero-order valence-electron chi connectivity index (χ0n) is 16.2. The number of nitrogens with zero attached hydrogens (tertiary/aromatic N) is 1. The topological polar surface area (TPSA) is 107 Å². The van der Waals surface area contributed by atoms with Crippen LogP contribution in [0.5, 0.6) is 0 Å². The molecule has 170 valence electrons. The van der Waals surface area contributed by atoms with Gasteiger partial charge in [0, 0.05) is 12.6 Å². The van der Waals surface area contributed by atoms with Crippen LogP contribution in [0, 0.1) is 5.92 Å². The van der Waals surface area contributed by atoms with E-state index in [1.807, 2.05) is 0 Å². The largest absolute Gasteiger partial charge is 0.503 e. The van der Waals surface area contributed by atoms with Gasteiger partial charge in [-0.05, 0) is 37.5 Å². The van der Waals surface area contributed by atoms with E-state index in [2.05, 4.69) is 5.32 Å². The molecule has 1 heterocycles. The highest BCUT2D eigenvalue weighted by Crippen LogP contribution is 2.29. The van der Waals surface area contributed by atoms with Crippen LogP contribution in [0.2, 0.25) is 10.0 Å². The molecule has 0 aliphatic carbocycles. The van der Waals surface area contributed by atoms with Crippen molar-refractivity contribution in [3.8, 4) is 0 Å². The molecule has 7 nitrogen and oxygen atoms in total. The number of benzene rings is 1. The second-order valence-corrected chi connectivity index (χ2v) is 7.92. The third-order valence-electron chi connectivity index (χ3n) is 4.72.